The average molecular weight is 208 g/mol. The van der Waals surface area contributed by atoms with Gasteiger partial charge >= 0.3 is 37.7 Å². The first kappa shape index (κ1) is 12.9. The maximum absolute atomic E-state index is 10.4. The van der Waals surface area contributed by atoms with Crippen LogP contribution in [0.3, 0.4) is 0 Å². The number of hydrogen-bond donors (Lipinski definition) is 0. The molecule has 1 rings (SSSR count). The van der Waals surface area contributed by atoms with E-state index in [9.17, 15) is 19.8 Å². The Labute approximate surface area is 106 Å². The Morgan fingerprint density at radius 1 is 1.23 bits per heavy atom. The number of carbonyl (C=O) groups excluding carboxylic acids is 2. The van der Waals surface area contributed by atoms with Crippen molar-refractivity contribution in [1.82, 2.24) is 0 Å². The monoisotopic (exact) mass is 208 g/mol. The number of hydrogen-bond acceptors (Lipinski definition) is 4. The Morgan fingerprint density at radius 3 is 2.23 bits per heavy atom. The van der Waals surface area contributed by atoms with E-state index in [1.807, 2.05) is 0 Å². The van der Waals surface area contributed by atoms with Crippen molar-refractivity contribution in [2.45, 2.75) is 12.8 Å². The third-order valence-electron chi connectivity index (χ3n) is 2.00. The molecule has 0 radical (unpaired) electrons. The summed E-state index contributed by atoms with van der Waals surface area (Å²) in [6.07, 6.45) is 3.92. The maximum Gasteiger partial charge on any atom is 2.00 e. The van der Waals surface area contributed by atoms with Gasteiger partial charge in [-0.15, -0.1) is 0 Å². The van der Waals surface area contributed by atoms with Crippen LogP contribution in [0.1, 0.15) is 12.8 Å². The Hall–Kier alpha value is -0.0603. The first-order valence-corrected chi connectivity index (χ1v) is 3.71. The Balaban J connectivity index is 0.00000144. The molecular formula is C8H8CaO4. The van der Waals surface area contributed by atoms with Crippen LogP contribution < -0.4 is 10.2 Å². The molecule has 5 heteroatoms. The van der Waals surface area contributed by atoms with Gasteiger partial charge in [0.2, 0.25) is 0 Å². The average Bonchev–Trinajstić information content (AvgIpc) is 2.04. The minimum absolute atomic E-state index is 0. The second-order valence-corrected chi connectivity index (χ2v) is 2.78. The third-order valence-corrected chi connectivity index (χ3v) is 2.00. The molecule has 0 heterocycles. The van der Waals surface area contributed by atoms with Crippen LogP contribution in [-0.2, 0) is 9.59 Å². The van der Waals surface area contributed by atoms with Gasteiger partial charge in [0, 0.05) is 23.8 Å². The van der Waals surface area contributed by atoms with Crippen molar-refractivity contribution >= 4 is 49.7 Å². The molecule has 0 saturated carbocycles. The zero-order chi connectivity index (χ0) is 9.14. The van der Waals surface area contributed by atoms with E-state index in [0.717, 1.165) is 0 Å². The van der Waals surface area contributed by atoms with Gasteiger partial charge < -0.3 is 19.8 Å². The van der Waals surface area contributed by atoms with Gasteiger partial charge in [-0.2, -0.15) is 0 Å². The summed E-state index contributed by atoms with van der Waals surface area (Å²) < 4.78 is 0. The molecule has 13 heavy (non-hydrogen) atoms. The summed E-state index contributed by atoms with van der Waals surface area (Å²) in [5.41, 5.74) is 0. The summed E-state index contributed by atoms with van der Waals surface area (Å²) in [6.45, 7) is 0. The van der Waals surface area contributed by atoms with E-state index < -0.39 is 23.8 Å². The van der Waals surface area contributed by atoms with E-state index in [1.165, 1.54) is 6.08 Å². The number of aliphatic carboxylic acids is 2. The van der Waals surface area contributed by atoms with Crippen LogP contribution in [0.15, 0.2) is 12.2 Å². The zero-order valence-corrected chi connectivity index (χ0v) is 9.27. The molecular weight excluding hydrogens is 200 g/mol. The molecule has 0 aromatic heterocycles. The SMILES string of the molecule is O=C([O-])C1C=CCCC1C(=O)[O-].[Ca+2]. The quantitative estimate of drug-likeness (QED) is 0.377. The van der Waals surface area contributed by atoms with Gasteiger partial charge in [-0.25, -0.2) is 0 Å². The molecule has 4 nitrogen and oxygen atoms in total. The van der Waals surface area contributed by atoms with Crippen LogP contribution in [0, 0.1) is 11.8 Å². The summed E-state index contributed by atoms with van der Waals surface area (Å²) >= 11 is 0. The van der Waals surface area contributed by atoms with E-state index in [4.69, 9.17) is 0 Å². The van der Waals surface area contributed by atoms with Crippen molar-refractivity contribution in [3.63, 3.8) is 0 Å². The third kappa shape index (κ3) is 3.29. The topological polar surface area (TPSA) is 80.3 Å². The fourth-order valence-electron chi connectivity index (χ4n) is 1.34. The standard InChI is InChI=1S/C8H10O4.Ca/c9-7(10)5-3-1-2-4-6(5)8(11)12;/h1,3,5-6H,2,4H2,(H,9,10)(H,11,12);/q;+2/p-2. The van der Waals surface area contributed by atoms with Crippen molar-refractivity contribution in [2.75, 3.05) is 0 Å². The summed E-state index contributed by atoms with van der Waals surface area (Å²) in [5.74, 6) is -4.61. The van der Waals surface area contributed by atoms with Crippen LogP contribution in [-0.4, -0.2) is 49.7 Å². The molecule has 0 aliphatic heterocycles. The van der Waals surface area contributed by atoms with Gasteiger partial charge in [-0.3, -0.25) is 0 Å². The van der Waals surface area contributed by atoms with Crippen molar-refractivity contribution in [3.05, 3.63) is 12.2 Å². The molecule has 0 spiro atoms. The van der Waals surface area contributed by atoms with Crippen LogP contribution in [0.25, 0.3) is 0 Å². The van der Waals surface area contributed by atoms with E-state index in [1.54, 1.807) is 6.08 Å². The number of carboxylic acids is 2. The van der Waals surface area contributed by atoms with Gasteiger partial charge in [0.05, 0.1) is 0 Å². The van der Waals surface area contributed by atoms with E-state index >= 15 is 0 Å². The van der Waals surface area contributed by atoms with Crippen molar-refractivity contribution in [3.8, 4) is 0 Å². The first-order valence-electron chi connectivity index (χ1n) is 3.71. The smallest absolute Gasteiger partial charge is 0.550 e. The maximum atomic E-state index is 10.4. The fourth-order valence-corrected chi connectivity index (χ4v) is 1.34. The van der Waals surface area contributed by atoms with Gasteiger partial charge in [-0.1, -0.05) is 12.2 Å². The van der Waals surface area contributed by atoms with Crippen LogP contribution in [0.5, 0.6) is 0 Å². The zero-order valence-electron chi connectivity index (χ0n) is 7.06. The second kappa shape index (κ2) is 5.62. The van der Waals surface area contributed by atoms with Crippen LogP contribution >= 0.6 is 0 Å². The van der Waals surface area contributed by atoms with E-state index in [2.05, 4.69) is 0 Å². The van der Waals surface area contributed by atoms with Gasteiger partial charge in [0.25, 0.3) is 0 Å². The summed E-state index contributed by atoms with van der Waals surface area (Å²) in [6, 6.07) is 0. The summed E-state index contributed by atoms with van der Waals surface area (Å²) in [4.78, 5) is 20.8. The number of carbonyl (C=O) groups is 2. The molecule has 66 valence electrons. The number of allylic oxidation sites excluding steroid dienone is 1. The molecule has 0 aromatic carbocycles. The molecule has 1 aliphatic carbocycles. The molecule has 2 atom stereocenters. The molecule has 1 aliphatic rings. The van der Waals surface area contributed by atoms with E-state index in [-0.39, 0.29) is 37.7 Å². The summed E-state index contributed by atoms with van der Waals surface area (Å²) in [7, 11) is 0. The van der Waals surface area contributed by atoms with Gasteiger partial charge in [-0.05, 0) is 12.8 Å². The molecule has 0 N–H and O–H groups in total. The largest absolute Gasteiger partial charge is 2.00 e. The normalized spacial score (nSPS) is 26.2. The van der Waals surface area contributed by atoms with Crippen molar-refractivity contribution in [2.24, 2.45) is 11.8 Å². The Kier molecular flexibility index (Phi) is 5.60. The predicted octanol–water partition coefficient (Wildman–Crippen LogP) is -2.31. The van der Waals surface area contributed by atoms with Crippen molar-refractivity contribution in [1.29, 1.82) is 0 Å². The molecule has 0 aromatic rings. The van der Waals surface area contributed by atoms with Gasteiger partial charge in [0.15, 0.2) is 0 Å². The summed E-state index contributed by atoms with van der Waals surface area (Å²) in [5, 5.41) is 20.8. The van der Waals surface area contributed by atoms with Crippen molar-refractivity contribution < 1.29 is 19.8 Å². The molecule has 0 amide bonds. The Morgan fingerprint density at radius 2 is 1.85 bits per heavy atom. The van der Waals surface area contributed by atoms with E-state index in [0.29, 0.717) is 12.8 Å². The van der Waals surface area contributed by atoms with Crippen LogP contribution in [0.4, 0.5) is 0 Å². The minimum Gasteiger partial charge on any atom is -0.550 e. The number of carboxylic acid groups (broad SMARTS) is 2. The fraction of sp³-hybridized carbons (Fsp3) is 0.500. The van der Waals surface area contributed by atoms with Crippen LogP contribution in [0.2, 0.25) is 0 Å². The number of rotatable bonds is 2. The Bertz CT molecular complexity index is 236. The molecule has 0 fully saturated rings. The first-order chi connectivity index (χ1) is 5.63. The van der Waals surface area contributed by atoms with Gasteiger partial charge in [0.1, 0.15) is 0 Å². The second-order valence-electron chi connectivity index (χ2n) is 2.78. The molecule has 0 bridgehead atoms. The molecule has 0 saturated heterocycles. The minimum atomic E-state index is -1.35. The molecule has 2 unspecified atom stereocenters. The predicted molar refractivity (Wildman–Crippen MR) is 41.1 cm³/mol.